The van der Waals surface area contributed by atoms with Crippen LogP contribution in [0.5, 0.6) is 5.75 Å². The Morgan fingerprint density at radius 1 is 1.09 bits per heavy atom. The van der Waals surface area contributed by atoms with Gasteiger partial charge < -0.3 is 25.4 Å². The summed E-state index contributed by atoms with van der Waals surface area (Å²) in [7, 11) is 1.68. The highest BCUT2D eigenvalue weighted by Gasteiger charge is 2.27. The van der Waals surface area contributed by atoms with Gasteiger partial charge in [0.05, 0.1) is 19.8 Å². The second kappa shape index (κ2) is 12.2. The molecule has 1 aromatic heterocycles. The third kappa shape index (κ3) is 6.93. The highest BCUT2D eigenvalue weighted by atomic mass is 16.5. The number of amides is 1. The van der Waals surface area contributed by atoms with E-state index in [1.54, 1.807) is 7.11 Å². The molecule has 1 aliphatic heterocycles. The number of carbonyl (C=O) groups excluding carboxylic acids is 1. The van der Waals surface area contributed by atoms with E-state index < -0.39 is 0 Å². The van der Waals surface area contributed by atoms with Crippen LogP contribution in [0, 0.1) is 0 Å². The van der Waals surface area contributed by atoms with Crippen LogP contribution < -0.4 is 20.7 Å². The molecule has 0 saturated carbocycles. The molecule has 0 bridgehead atoms. The van der Waals surface area contributed by atoms with Crippen molar-refractivity contribution in [3.63, 3.8) is 0 Å². The van der Waals surface area contributed by atoms with Gasteiger partial charge in [-0.2, -0.15) is 0 Å². The highest BCUT2D eigenvalue weighted by Crippen LogP contribution is 2.32. The molecule has 2 aromatic carbocycles. The lowest BCUT2D eigenvalue weighted by Crippen LogP contribution is -2.26. The SMILES string of the molecule is COc1ccc(CCCOCC2Cc3c(NCCNC(C)=O)nc(-c4ccccc4)nc3N2)cc1. The highest BCUT2D eigenvalue weighted by molar-refractivity contribution is 5.73. The van der Waals surface area contributed by atoms with E-state index in [1.165, 1.54) is 12.5 Å². The van der Waals surface area contributed by atoms with Gasteiger partial charge >= 0.3 is 0 Å². The Hall–Kier alpha value is -3.65. The van der Waals surface area contributed by atoms with Crippen LogP contribution in [-0.2, 0) is 22.4 Å². The molecular formula is C27H33N5O3. The van der Waals surface area contributed by atoms with Crippen LogP contribution in [0.25, 0.3) is 11.4 Å². The molecule has 1 amide bonds. The van der Waals surface area contributed by atoms with E-state index in [0.29, 0.717) is 32.1 Å². The predicted octanol–water partition coefficient (Wildman–Crippen LogP) is 3.69. The van der Waals surface area contributed by atoms with Gasteiger partial charge in [0.2, 0.25) is 5.91 Å². The second-order valence-electron chi connectivity index (χ2n) is 8.57. The standard InChI is InChI=1S/C27H33N5O3/c1-19(33)28-14-15-29-26-24-17-22(18-35-16-6-7-20-10-12-23(34-2)13-11-20)30-27(24)32-25(31-26)21-8-4-3-5-9-21/h3-5,8-13,22H,6-7,14-18H2,1-2H3,(H,28,33)(H2,29,30,31,32). The molecule has 184 valence electrons. The van der Waals surface area contributed by atoms with Crippen molar-refractivity contribution in [2.24, 2.45) is 0 Å². The second-order valence-corrected chi connectivity index (χ2v) is 8.57. The van der Waals surface area contributed by atoms with Crippen molar-refractivity contribution >= 4 is 17.5 Å². The first-order valence-corrected chi connectivity index (χ1v) is 12.0. The minimum absolute atomic E-state index is 0.0458. The van der Waals surface area contributed by atoms with Crippen LogP contribution in [0.1, 0.15) is 24.5 Å². The zero-order valence-corrected chi connectivity index (χ0v) is 20.3. The summed E-state index contributed by atoms with van der Waals surface area (Å²) in [5, 5.41) is 9.70. The van der Waals surface area contributed by atoms with Gasteiger partial charge in [0, 0.05) is 44.2 Å². The number of hydrogen-bond acceptors (Lipinski definition) is 7. The number of ether oxygens (including phenoxy) is 2. The van der Waals surface area contributed by atoms with Crippen LogP contribution in [0.3, 0.4) is 0 Å². The van der Waals surface area contributed by atoms with Gasteiger partial charge in [-0.3, -0.25) is 4.79 Å². The van der Waals surface area contributed by atoms with Crippen molar-refractivity contribution in [1.29, 1.82) is 0 Å². The molecule has 0 saturated heterocycles. The summed E-state index contributed by atoms with van der Waals surface area (Å²) < 4.78 is 11.2. The van der Waals surface area contributed by atoms with Crippen molar-refractivity contribution in [2.45, 2.75) is 32.2 Å². The molecule has 0 spiro atoms. The third-order valence-electron chi connectivity index (χ3n) is 5.85. The van der Waals surface area contributed by atoms with E-state index in [-0.39, 0.29) is 11.9 Å². The number of benzene rings is 2. The first-order chi connectivity index (χ1) is 17.1. The van der Waals surface area contributed by atoms with Gasteiger partial charge in [0.15, 0.2) is 5.82 Å². The summed E-state index contributed by atoms with van der Waals surface area (Å²) in [6.07, 6.45) is 2.71. The van der Waals surface area contributed by atoms with Gasteiger partial charge in [-0.15, -0.1) is 0 Å². The van der Waals surface area contributed by atoms with Gasteiger partial charge in [-0.25, -0.2) is 9.97 Å². The van der Waals surface area contributed by atoms with Gasteiger partial charge in [0.25, 0.3) is 0 Å². The Morgan fingerprint density at radius 2 is 1.89 bits per heavy atom. The third-order valence-corrected chi connectivity index (χ3v) is 5.85. The number of nitrogens with one attached hydrogen (secondary N) is 3. The van der Waals surface area contributed by atoms with Crippen LogP contribution in [0.4, 0.5) is 11.6 Å². The number of aromatic nitrogens is 2. The number of hydrogen-bond donors (Lipinski definition) is 3. The molecule has 3 aromatic rings. The first-order valence-electron chi connectivity index (χ1n) is 12.0. The monoisotopic (exact) mass is 475 g/mol. The van der Waals surface area contributed by atoms with Crippen molar-refractivity contribution < 1.29 is 14.3 Å². The number of carbonyl (C=O) groups is 1. The molecular weight excluding hydrogens is 442 g/mol. The molecule has 2 heterocycles. The molecule has 0 fully saturated rings. The van der Waals surface area contributed by atoms with Crippen molar-refractivity contribution in [1.82, 2.24) is 15.3 Å². The van der Waals surface area contributed by atoms with Crippen molar-refractivity contribution in [3.05, 3.63) is 65.7 Å². The van der Waals surface area contributed by atoms with Gasteiger partial charge in [-0.05, 0) is 30.5 Å². The Morgan fingerprint density at radius 3 is 2.63 bits per heavy atom. The number of nitrogens with zero attached hydrogens (tertiary/aromatic N) is 2. The van der Waals surface area contributed by atoms with E-state index in [1.807, 2.05) is 42.5 Å². The molecule has 0 aliphatic carbocycles. The van der Waals surface area contributed by atoms with Gasteiger partial charge in [0.1, 0.15) is 17.4 Å². The maximum Gasteiger partial charge on any atom is 0.216 e. The smallest absolute Gasteiger partial charge is 0.216 e. The fraction of sp³-hybridized carbons (Fsp3) is 0.370. The molecule has 35 heavy (non-hydrogen) atoms. The van der Waals surface area contributed by atoms with E-state index in [0.717, 1.165) is 47.8 Å². The topological polar surface area (TPSA) is 97.4 Å². The van der Waals surface area contributed by atoms with Crippen LogP contribution in [-0.4, -0.2) is 55.3 Å². The average molecular weight is 476 g/mol. The molecule has 1 aliphatic rings. The van der Waals surface area contributed by atoms with Crippen LogP contribution in [0.2, 0.25) is 0 Å². The zero-order chi connectivity index (χ0) is 24.5. The Balaban J connectivity index is 1.33. The number of rotatable bonds is 12. The fourth-order valence-electron chi connectivity index (χ4n) is 4.07. The molecule has 1 unspecified atom stereocenters. The maximum absolute atomic E-state index is 11.2. The lowest BCUT2D eigenvalue weighted by atomic mass is 10.1. The minimum Gasteiger partial charge on any atom is -0.497 e. The molecule has 1 atom stereocenters. The molecule has 3 N–H and O–H groups in total. The lowest BCUT2D eigenvalue weighted by molar-refractivity contribution is -0.118. The summed E-state index contributed by atoms with van der Waals surface area (Å²) >= 11 is 0. The number of anilines is 2. The normalized spacial score (nSPS) is 14.2. The maximum atomic E-state index is 11.2. The minimum atomic E-state index is -0.0458. The molecule has 8 heteroatoms. The lowest BCUT2D eigenvalue weighted by Gasteiger charge is -2.12. The molecule has 8 nitrogen and oxygen atoms in total. The fourth-order valence-corrected chi connectivity index (χ4v) is 4.07. The number of aryl methyl sites for hydroxylation is 1. The summed E-state index contributed by atoms with van der Waals surface area (Å²) in [4.78, 5) is 20.8. The number of fused-ring (bicyclic) bond motifs is 1. The molecule has 0 radical (unpaired) electrons. The Bertz CT molecular complexity index is 1110. The van der Waals surface area contributed by atoms with E-state index in [4.69, 9.17) is 19.4 Å². The zero-order valence-electron chi connectivity index (χ0n) is 20.3. The van der Waals surface area contributed by atoms with Crippen LogP contribution in [0.15, 0.2) is 54.6 Å². The summed E-state index contributed by atoms with van der Waals surface area (Å²) in [6, 6.07) is 18.2. The van der Waals surface area contributed by atoms with E-state index in [2.05, 4.69) is 28.1 Å². The summed E-state index contributed by atoms with van der Waals surface area (Å²) in [5.41, 5.74) is 3.29. The van der Waals surface area contributed by atoms with Crippen LogP contribution >= 0.6 is 0 Å². The largest absolute Gasteiger partial charge is 0.497 e. The van der Waals surface area contributed by atoms with Gasteiger partial charge in [-0.1, -0.05) is 42.5 Å². The van der Waals surface area contributed by atoms with Crippen molar-refractivity contribution in [3.8, 4) is 17.1 Å². The first kappa shape index (κ1) is 24.5. The Labute approximate surface area is 206 Å². The van der Waals surface area contributed by atoms with E-state index >= 15 is 0 Å². The molecule has 4 rings (SSSR count). The van der Waals surface area contributed by atoms with Crippen molar-refractivity contribution in [2.75, 3.05) is 44.0 Å². The Kier molecular flexibility index (Phi) is 8.51. The average Bonchev–Trinajstić information content (AvgIpc) is 3.30. The number of methoxy groups -OCH3 is 1. The summed E-state index contributed by atoms with van der Waals surface area (Å²) in [5.74, 6) is 3.14. The predicted molar refractivity (Wildman–Crippen MR) is 138 cm³/mol. The quantitative estimate of drug-likeness (QED) is 0.344. The van der Waals surface area contributed by atoms with E-state index in [9.17, 15) is 4.79 Å². The summed E-state index contributed by atoms with van der Waals surface area (Å²) in [6.45, 7) is 3.93.